The Labute approximate surface area is 174 Å². The average Bonchev–Trinajstić information content (AvgIpc) is 3.04. The minimum atomic E-state index is -0.257. The number of benzene rings is 2. The van der Waals surface area contributed by atoms with Gasteiger partial charge in [0.2, 0.25) is 5.91 Å². The molecule has 0 aliphatic carbocycles. The molecule has 1 heterocycles. The quantitative estimate of drug-likeness (QED) is 0.595. The summed E-state index contributed by atoms with van der Waals surface area (Å²) in [4.78, 5) is 24.5. The zero-order valence-electron chi connectivity index (χ0n) is 16.6. The molecule has 0 bridgehead atoms. The maximum Gasteiger partial charge on any atom is 0.259 e. The van der Waals surface area contributed by atoms with Gasteiger partial charge in [0.1, 0.15) is 0 Å². The van der Waals surface area contributed by atoms with E-state index >= 15 is 0 Å². The van der Waals surface area contributed by atoms with Crippen molar-refractivity contribution in [1.82, 2.24) is 9.78 Å². The van der Waals surface area contributed by atoms with Gasteiger partial charge < -0.3 is 10.6 Å². The Morgan fingerprint density at radius 1 is 1.07 bits per heavy atom. The van der Waals surface area contributed by atoms with Crippen LogP contribution in [0.2, 0.25) is 5.02 Å². The van der Waals surface area contributed by atoms with Crippen molar-refractivity contribution < 1.29 is 9.59 Å². The third-order valence-electron chi connectivity index (χ3n) is 4.33. The lowest BCUT2D eigenvalue weighted by Crippen LogP contribution is -2.14. The second-order valence-electron chi connectivity index (χ2n) is 7.21. The van der Waals surface area contributed by atoms with Gasteiger partial charge in [0.25, 0.3) is 5.91 Å². The van der Waals surface area contributed by atoms with Crippen molar-refractivity contribution in [1.29, 1.82) is 0 Å². The molecule has 3 aromatic rings. The Hall–Kier alpha value is -3.12. The highest BCUT2D eigenvalue weighted by Gasteiger charge is 2.15. The van der Waals surface area contributed by atoms with Gasteiger partial charge in [-0.15, -0.1) is 0 Å². The second kappa shape index (κ2) is 8.92. The number of nitrogens with one attached hydrogen (secondary N) is 2. The van der Waals surface area contributed by atoms with Crippen LogP contribution in [0.4, 0.5) is 11.4 Å². The lowest BCUT2D eigenvalue weighted by atomic mass is 10.1. The van der Waals surface area contributed by atoms with E-state index in [1.54, 1.807) is 41.1 Å². The summed E-state index contributed by atoms with van der Waals surface area (Å²) in [6, 6.07) is 14.3. The molecule has 0 unspecified atom stereocenters. The first-order valence-electron chi connectivity index (χ1n) is 9.35. The number of hydrogen-bond acceptors (Lipinski definition) is 3. The summed E-state index contributed by atoms with van der Waals surface area (Å²) < 4.78 is 1.67. The molecule has 0 spiro atoms. The monoisotopic (exact) mass is 410 g/mol. The molecule has 7 heteroatoms. The van der Waals surface area contributed by atoms with E-state index < -0.39 is 0 Å². The summed E-state index contributed by atoms with van der Waals surface area (Å²) in [5, 5.41) is 10.6. The maximum atomic E-state index is 12.7. The van der Waals surface area contributed by atoms with E-state index in [2.05, 4.69) is 15.7 Å². The summed E-state index contributed by atoms with van der Waals surface area (Å²) in [5.74, 6) is 0.0119. The van der Waals surface area contributed by atoms with Gasteiger partial charge in [-0.05, 0) is 55.3 Å². The van der Waals surface area contributed by atoms with Gasteiger partial charge in [-0.25, -0.2) is 4.68 Å². The zero-order valence-corrected chi connectivity index (χ0v) is 17.3. The molecular weight excluding hydrogens is 388 g/mol. The number of rotatable bonds is 6. The van der Waals surface area contributed by atoms with Gasteiger partial charge in [0.15, 0.2) is 0 Å². The predicted molar refractivity (Wildman–Crippen MR) is 116 cm³/mol. The van der Waals surface area contributed by atoms with Crippen LogP contribution in [0.15, 0.2) is 54.7 Å². The van der Waals surface area contributed by atoms with Crippen LogP contribution in [-0.4, -0.2) is 21.6 Å². The molecule has 2 aromatic carbocycles. The number of hydrogen-bond donors (Lipinski definition) is 2. The number of anilines is 2. The minimum Gasteiger partial charge on any atom is -0.326 e. The number of carbonyl (C=O) groups is 2. The van der Waals surface area contributed by atoms with Crippen molar-refractivity contribution in [3.8, 4) is 5.69 Å². The first-order chi connectivity index (χ1) is 13.8. The van der Waals surface area contributed by atoms with Gasteiger partial charge in [-0.1, -0.05) is 31.5 Å². The van der Waals surface area contributed by atoms with Gasteiger partial charge in [0, 0.05) is 22.8 Å². The third kappa shape index (κ3) is 5.23. The smallest absolute Gasteiger partial charge is 0.259 e. The van der Waals surface area contributed by atoms with E-state index in [0.29, 0.717) is 40.0 Å². The fourth-order valence-electron chi connectivity index (χ4n) is 2.92. The van der Waals surface area contributed by atoms with E-state index in [-0.39, 0.29) is 11.8 Å². The largest absolute Gasteiger partial charge is 0.326 e. The van der Waals surface area contributed by atoms with Crippen LogP contribution in [0.5, 0.6) is 0 Å². The van der Waals surface area contributed by atoms with Crippen LogP contribution in [0.1, 0.15) is 36.3 Å². The number of amides is 2. The molecule has 29 heavy (non-hydrogen) atoms. The summed E-state index contributed by atoms with van der Waals surface area (Å²) in [7, 11) is 0. The SMILES string of the molecule is Cc1c(C(=O)Nc2ccc(NC(=O)CC(C)C)cc2)cnn1-c1cccc(Cl)c1. The van der Waals surface area contributed by atoms with Crippen LogP contribution < -0.4 is 10.6 Å². The normalized spacial score (nSPS) is 10.8. The van der Waals surface area contributed by atoms with Crippen LogP contribution in [0.25, 0.3) is 5.69 Å². The fourth-order valence-corrected chi connectivity index (χ4v) is 3.10. The molecule has 3 rings (SSSR count). The molecular formula is C22H23ClN4O2. The molecule has 0 aliphatic heterocycles. The van der Waals surface area contributed by atoms with E-state index in [0.717, 1.165) is 5.69 Å². The number of carbonyl (C=O) groups excluding carboxylic acids is 2. The molecule has 1 aromatic heterocycles. The number of nitrogens with zero attached hydrogens (tertiary/aromatic N) is 2. The van der Waals surface area contributed by atoms with Gasteiger partial charge in [-0.2, -0.15) is 5.10 Å². The van der Waals surface area contributed by atoms with Crippen molar-refractivity contribution in [3.05, 3.63) is 71.0 Å². The van der Waals surface area contributed by atoms with Crippen molar-refractivity contribution in [2.45, 2.75) is 27.2 Å². The lowest BCUT2D eigenvalue weighted by Gasteiger charge is -2.09. The Balaban J connectivity index is 1.68. The molecule has 150 valence electrons. The van der Waals surface area contributed by atoms with Crippen LogP contribution in [0.3, 0.4) is 0 Å². The van der Waals surface area contributed by atoms with Crippen LogP contribution in [0, 0.1) is 12.8 Å². The van der Waals surface area contributed by atoms with E-state index in [9.17, 15) is 9.59 Å². The van der Waals surface area contributed by atoms with Gasteiger partial charge in [-0.3, -0.25) is 9.59 Å². The topological polar surface area (TPSA) is 76.0 Å². The summed E-state index contributed by atoms with van der Waals surface area (Å²) >= 11 is 6.05. The fraction of sp³-hybridized carbons (Fsp3) is 0.227. The second-order valence-corrected chi connectivity index (χ2v) is 7.65. The Kier molecular flexibility index (Phi) is 6.34. The van der Waals surface area contributed by atoms with Gasteiger partial charge >= 0.3 is 0 Å². The first kappa shape index (κ1) is 20.6. The zero-order chi connectivity index (χ0) is 21.0. The minimum absolute atomic E-state index is 0.0270. The molecule has 2 N–H and O–H groups in total. The van der Waals surface area contributed by atoms with E-state index in [1.165, 1.54) is 6.20 Å². The first-order valence-corrected chi connectivity index (χ1v) is 9.73. The number of halogens is 1. The number of aromatic nitrogens is 2. The maximum absolute atomic E-state index is 12.7. The summed E-state index contributed by atoms with van der Waals surface area (Å²) in [6.07, 6.45) is 2.00. The molecule has 6 nitrogen and oxygen atoms in total. The van der Waals surface area contributed by atoms with E-state index in [1.807, 2.05) is 32.9 Å². The van der Waals surface area contributed by atoms with Crippen molar-refractivity contribution in [2.75, 3.05) is 10.6 Å². The van der Waals surface area contributed by atoms with Crippen molar-refractivity contribution in [2.24, 2.45) is 5.92 Å². The lowest BCUT2D eigenvalue weighted by molar-refractivity contribution is -0.116. The molecule has 2 amide bonds. The Morgan fingerprint density at radius 2 is 1.72 bits per heavy atom. The standard InChI is InChI=1S/C22H23ClN4O2/c1-14(2)11-21(28)25-17-7-9-18(10-8-17)26-22(29)20-13-24-27(15(20)3)19-6-4-5-16(23)12-19/h4-10,12-14H,11H2,1-3H3,(H,25,28)(H,26,29). The van der Waals surface area contributed by atoms with Gasteiger partial charge in [0.05, 0.1) is 23.1 Å². The molecule has 0 atom stereocenters. The molecule has 0 fully saturated rings. The van der Waals surface area contributed by atoms with Crippen molar-refractivity contribution >= 4 is 34.8 Å². The highest BCUT2D eigenvalue weighted by atomic mass is 35.5. The molecule has 0 aliphatic rings. The predicted octanol–water partition coefficient (Wildman–Crippen LogP) is 5.07. The Bertz CT molecular complexity index is 1030. The molecule has 0 saturated carbocycles. The van der Waals surface area contributed by atoms with Crippen molar-refractivity contribution in [3.63, 3.8) is 0 Å². The molecule has 0 saturated heterocycles. The Morgan fingerprint density at radius 3 is 2.34 bits per heavy atom. The highest BCUT2D eigenvalue weighted by Crippen LogP contribution is 2.20. The summed E-state index contributed by atoms with van der Waals surface area (Å²) in [6.45, 7) is 5.82. The highest BCUT2D eigenvalue weighted by molar-refractivity contribution is 6.30. The van der Waals surface area contributed by atoms with E-state index in [4.69, 9.17) is 11.6 Å². The van der Waals surface area contributed by atoms with Crippen LogP contribution >= 0.6 is 11.6 Å². The average molecular weight is 411 g/mol. The molecule has 0 radical (unpaired) electrons. The third-order valence-corrected chi connectivity index (χ3v) is 4.56. The summed E-state index contributed by atoms with van der Waals surface area (Å²) in [5.41, 5.74) is 3.29. The van der Waals surface area contributed by atoms with Crippen LogP contribution in [-0.2, 0) is 4.79 Å².